The predicted molar refractivity (Wildman–Crippen MR) is 79.1 cm³/mol. The second-order valence-electron chi connectivity index (χ2n) is 4.98. The average Bonchev–Trinajstić information content (AvgIpc) is 3.07. The number of halogens is 1. The summed E-state index contributed by atoms with van der Waals surface area (Å²) in [5.74, 6) is 0.0428. The molecule has 1 aromatic heterocycles. The molecule has 1 saturated heterocycles. The highest BCUT2D eigenvalue weighted by atomic mass is 35.5. The van der Waals surface area contributed by atoms with Crippen LogP contribution in [0.5, 0.6) is 0 Å². The lowest BCUT2D eigenvalue weighted by Gasteiger charge is -2.23. The summed E-state index contributed by atoms with van der Waals surface area (Å²) < 4.78 is 1.70. The molecule has 0 bridgehead atoms. The average molecular weight is 296 g/mol. The summed E-state index contributed by atoms with van der Waals surface area (Å²) in [5.41, 5.74) is 2.36. The molecule has 0 aliphatic carbocycles. The highest BCUT2D eigenvalue weighted by molar-refractivity contribution is 5.97. The van der Waals surface area contributed by atoms with Crippen molar-refractivity contribution in [3.05, 3.63) is 23.8 Å². The highest BCUT2D eigenvalue weighted by Crippen LogP contribution is 2.16. The van der Waals surface area contributed by atoms with Crippen LogP contribution in [0.2, 0.25) is 0 Å². The monoisotopic (exact) mass is 295 g/mol. The molecule has 2 heterocycles. The third-order valence-electron chi connectivity index (χ3n) is 3.76. The van der Waals surface area contributed by atoms with Crippen molar-refractivity contribution in [3.8, 4) is 0 Å². The second-order valence-corrected chi connectivity index (χ2v) is 4.98. The fraction of sp³-hybridized carbons (Fsp3) is 0.462. The van der Waals surface area contributed by atoms with E-state index in [0.29, 0.717) is 5.56 Å². The maximum absolute atomic E-state index is 12.4. The van der Waals surface area contributed by atoms with Crippen LogP contribution in [0, 0.1) is 0 Å². The maximum Gasteiger partial charge on any atom is 0.253 e. The molecule has 6 nitrogen and oxygen atoms in total. The van der Waals surface area contributed by atoms with Gasteiger partial charge in [0.1, 0.15) is 5.52 Å². The van der Waals surface area contributed by atoms with Gasteiger partial charge in [-0.1, -0.05) is 5.21 Å². The fourth-order valence-electron chi connectivity index (χ4n) is 2.51. The van der Waals surface area contributed by atoms with Crippen LogP contribution in [0.3, 0.4) is 0 Å². The van der Waals surface area contributed by atoms with Crippen LogP contribution in [0.25, 0.3) is 11.0 Å². The molecule has 3 rings (SSSR count). The van der Waals surface area contributed by atoms with E-state index < -0.39 is 0 Å². The normalized spacial score (nSPS) is 18.0. The molecule has 2 aromatic rings. The van der Waals surface area contributed by atoms with Crippen molar-refractivity contribution in [1.82, 2.24) is 25.2 Å². The number of hydrogen-bond acceptors (Lipinski definition) is 4. The number of rotatable bonds is 2. The summed E-state index contributed by atoms with van der Waals surface area (Å²) in [5, 5.41) is 11.3. The van der Waals surface area contributed by atoms with Gasteiger partial charge in [0, 0.05) is 32.2 Å². The Labute approximate surface area is 123 Å². The van der Waals surface area contributed by atoms with Gasteiger partial charge in [-0.15, -0.1) is 17.5 Å². The van der Waals surface area contributed by atoms with Crippen molar-refractivity contribution in [1.29, 1.82) is 0 Å². The Kier molecular flexibility index (Phi) is 4.25. The summed E-state index contributed by atoms with van der Waals surface area (Å²) in [7, 11) is 3.70. The molecule has 1 fully saturated rings. The lowest BCUT2D eigenvalue weighted by atomic mass is 10.1. The van der Waals surface area contributed by atoms with Crippen LogP contribution in [0.1, 0.15) is 16.8 Å². The quantitative estimate of drug-likeness (QED) is 0.891. The lowest BCUT2D eigenvalue weighted by molar-refractivity contribution is 0.0744. The van der Waals surface area contributed by atoms with Gasteiger partial charge in [-0.25, -0.2) is 4.68 Å². The molecule has 1 aliphatic heterocycles. The van der Waals surface area contributed by atoms with E-state index in [1.54, 1.807) is 4.68 Å². The van der Waals surface area contributed by atoms with Gasteiger partial charge in [0.15, 0.2) is 0 Å². The number of likely N-dealkylation sites (N-methyl/N-ethyl adjacent to an activating group) is 1. The molecule has 1 amide bonds. The standard InChI is InChI=1S/C13H17N5O.ClH/c1-17(10-5-6-14-8-10)13(19)9-3-4-12-11(7-9)15-16-18(12)2;/h3-4,7,10,14H,5-6,8H2,1-2H3;1H. The minimum absolute atomic E-state index is 0. The number of benzene rings is 1. The first kappa shape index (κ1) is 14.7. The number of aromatic nitrogens is 3. The first-order chi connectivity index (χ1) is 9.16. The van der Waals surface area contributed by atoms with Crippen LogP contribution in [-0.4, -0.2) is 52.0 Å². The first-order valence-electron chi connectivity index (χ1n) is 6.44. The Morgan fingerprint density at radius 1 is 1.50 bits per heavy atom. The van der Waals surface area contributed by atoms with Gasteiger partial charge < -0.3 is 10.2 Å². The second kappa shape index (κ2) is 5.76. The largest absolute Gasteiger partial charge is 0.337 e. The summed E-state index contributed by atoms with van der Waals surface area (Å²) in [6, 6.07) is 5.82. The molecular weight excluding hydrogens is 278 g/mol. The van der Waals surface area contributed by atoms with Crippen molar-refractivity contribution in [2.24, 2.45) is 7.05 Å². The first-order valence-corrected chi connectivity index (χ1v) is 6.44. The number of carbonyl (C=O) groups is 1. The number of nitrogens with one attached hydrogen (secondary N) is 1. The van der Waals surface area contributed by atoms with E-state index in [4.69, 9.17) is 0 Å². The van der Waals surface area contributed by atoms with E-state index in [1.165, 1.54) is 0 Å². The van der Waals surface area contributed by atoms with Crippen LogP contribution in [0.15, 0.2) is 18.2 Å². The van der Waals surface area contributed by atoms with Gasteiger partial charge in [0.25, 0.3) is 5.91 Å². The smallest absolute Gasteiger partial charge is 0.253 e. The molecule has 0 spiro atoms. The highest BCUT2D eigenvalue weighted by Gasteiger charge is 2.24. The third kappa shape index (κ3) is 2.48. The summed E-state index contributed by atoms with van der Waals surface area (Å²) in [6.07, 6.45) is 1.01. The minimum atomic E-state index is 0. The number of fused-ring (bicyclic) bond motifs is 1. The Balaban J connectivity index is 0.00000147. The predicted octanol–water partition coefficient (Wildman–Crippen LogP) is 0.824. The molecule has 20 heavy (non-hydrogen) atoms. The third-order valence-corrected chi connectivity index (χ3v) is 3.76. The number of amides is 1. The zero-order valence-corrected chi connectivity index (χ0v) is 12.4. The van der Waals surface area contributed by atoms with Crippen LogP contribution >= 0.6 is 12.4 Å². The molecule has 1 atom stereocenters. The Bertz CT molecular complexity index is 620. The Morgan fingerprint density at radius 3 is 3.00 bits per heavy atom. The van der Waals surface area contributed by atoms with E-state index in [2.05, 4.69) is 15.6 Å². The number of hydrogen-bond donors (Lipinski definition) is 1. The molecule has 0 radical (unpaired) electrons. The Hall–Kier alpha value is -1.66. The van der Waals surface area contributed by atoms with Crippen LogP contribution in [-0.2, 0) is 7.05 Å². The van der Waals surface area contributed by atoms with E-state index in [-0.39, 0.29) is 24.4 Å². The minimum Gasteiger partial charge on any atom is -0.337 e. The van der Waals surface area contributed by atoms with E-state index in [9.17, 15) is 4.79 Å². The van der Waals surface area contributed by atoms with E-state index in [0.717, 1.165) is 30.5 Å². The van der Waals surface area contributed by atoms with Crippen molar-refractivity contribution in [3.63, 3.8) is 0 Å². The molecular formula is C13H18ClN5O. The van der Waals surface area contributed by atoms with Gasteiger partial charge in [-0.2, -0.15) is 0 Å². The van der Waals surface area contributed by atoms with Crippen molar-refractivity contribution in [2.45, 2.75) is 12.5 Å². The molecule has 1 N–H and O–H groups in total. The van der Waals surface area contributed by atoms with Crippen molar-refractivity contribution >= 4 is 29.3 Å². The van der Waals surface area contributed by atoms with E-state index >= 15 is 0 Å². The SMILES string of the molecule is CN(C(=O)c1ccc2c(c1)nnn2C)C1CCNC1.Cl. The van der Waals surface area contributed by atoms with Crippen molar-refractivity contribution in [2.75, 3.05) is 20.1 Å². The van der Waals surface area contributed by atoms with Gasteiger partial charge in [-0.05, 0) is 31.2 Å². The van der Waals surface area contributed by atoms with E-state index in [1.807, 2.05) is 37.2 Å². The summed E-state index contributed by atoms with van der Waals surface area (Å²) >= 11 is 0. The van der Waals surface area contributed by atoms with Gasteiger partial charge in [0.2, 0.25) is 0 Å². The van der Waals surface area contributed by atoms with Crippen LogP contribution in [0.4, 0.5) is 0 Å². The number of aryl methyl sites for hydroxylation is 1. The molecule has 0 saturated carbocycles. The molecule has 1 unspecified atom stereocenters. The summed E-state index contributed by atoms with van der Waals surface area (Å²) in [4.78, 5) is 14.2. The molecule has 108 valence electrons. The Morgan fingerprint density at radius 2 is 2.30 bits per heavy atom. The van der Waals surface area contributed by atoms with Gasteiger partial charge >= 0.3 is 0 Å². The lowest BCUT2D eigenvalue weighted by Crippen LogP contribution is -2.38. The van der Waals surface area contributed by atoms with Crippen LogP contribution < -0.4 is 5.32 Å². The topological polar surface area (TPSA) is 63.1 Å². The zero-order valence-electron chi connectivity index (χ0n) is 11.5. The number of carbonyl (C=O) groups excluding carboxylic acids is 1. The zero-order chi connectivity index (χ0) is 13.4. The molecule has 1 aliphatic rings. The van der Waals surface area contributed by atoms with Gasteiger partial charge in [-0.3, -0.25) is 4.79 Å². The van der Waals surface area contributed by atoms with Crippen molar-refractivity contribution < 1.29 is 4.79 Å². The number of nitrogens with zero attached hydrogens (tertiary/aromatic N) is 4. The fourth-order valence-corrected chi connectivity index (χ4v) is 2.51. The van der Waals surface area contributed by atoms with Gasteiger partial charge in [0.05, 0.1) is 5.52 Å². The summed E-state index contributed by atoms with van der Waals surface area (Å²) in [6.45, 7) is 1.85. The molecule has 1 aromatic carbocycles. The maximum atomic E-state index is 12.4. The molecule has 7 heteroatoms.